The van der Waals surface area contributed by atoms with Gasteiger partial charge in [0, 0.05) is 0 Å². The molecule has 0 heterocycles. The molecule has 0 aromatic heterocycles. The van der Waals surface area contributed by atoms with Gasteiger partial charge >= 0.3 is 0 Å². The minimum atomic E-state index is 1.22. The summed E-state index contributed by atoms with van der Waals surface area (Å²) in [6, 6.07) is 0. The number of hydrogen-bond acceptors (Lipinski definition) is 0. The van der Waals surface area contributed by atoms with Gasteiger partial charge in [0.25, 0.3) is 0 Å². The Labute approximate surface area is 128 Å². The van der Waals surface area contributed by atoms with Crippen LogP contribution in [-0.2, 0) is 0 Å². The van der Waals surface area contributed by atoms with Crippen molar-refractivity contribution < 1.29 is 0 Å². The van der Waals surface area contributed by atoms with Gasteiger partial charge in [-0.1, -0.05) is 108 Å². The standard InChI is InChI=1S/C20H35/c1-3-5-7-9-11-13-15-17-19-20-18-16-14-12-10-8-6-4-2/h3,5,7-9,11H,1,4,6,10,12-20H2,2H3/b7-5-,11-9?. The zero-order chi connectivity index (χ0) is 14.7. The van der Waals surface area contributed by atoms with Crippen LogP contribution >= 0.6 is 0 Å². The number of hydrogen-bond donors (Lipinski definition) is 0. The third-order valence-electron chi connectivity index (χ3n) is 3.52. The van der Waals surface area contributed by atoms with Crippen LogP contribution in [0.15, 0.2) is 37.0 Å². The lowest BCUT2D eigenvalue weighted by Gasteiger charge is -2.02. The van der Waals surface area contributed by atoms with Crippen LogP contribution in [-0.4, -0.2) is 0 Å². The van der Waals surface area contributed by atoms with E-state index in [-0.39, 0.29) is 0 Å². The highest BCUT2D eigenvalue weighted by atomic mass is 14.0. The SMILES string of the molecule is C=C/C=C\C=CCCCCCCCCCC[CH]CCC. The summed E-state index contributed by atoms with van der Waals surface area (Å²) in [5.41, 5.74) is 0. The van der Waals surface area contributed by atoms with Crippen LogP contribution < -0.4 is 0 Å². The number of allylic oxidation sites excluding steroid dienone is 5. The highest BCUT2D eigenvalue weighted by Crippen LogP contribution is 2.12. The smallest absolute Gasteiger partial charge is 0.0348 e. The van der Waals surface area contributed by atoms with E-state index < -0.39 is 0 Å². The molecular formula is C20H35. The van der Waals surface area contributed by atoms with Gasteiger partial charge in [-0.3, -0.25) is 0 Å². The molecule has 0 atom stereocenters. The first-order valence-electron chi connectivity index (χ1n) is 8.67. The first-order chi connectivity index (χ1) is 9.91. The summed E-state index contributed by atoms with van der Waals surface area (Å²) in [5.74, 6) is 0. The fourth-order valence-electron chi connectivity index (χ4n) is 2.28. The Hall–Kier alpha value is -0.780. The van der Waals surface area contributed by atoms with Gasteiger partial charge in [-0.05, 0) is 19.3 Å². The van der Waals surface area contributed by atoms with Gasteiger partial charge in [-0.25, -0.2) is 0 Å². The van der Waals surface area contributed by atoms with Crippen molar-refractivity contribution in [3.63, 3.8) is 0 Å². The maximum absolute atomic E-state index is 3.65. The third kappa shape index (κ3) is 17.2. The summed E-state index contributed by atoms with van der Waals surface area (Å²) >= 11 is 0. The Morgan fingerprint density at radius 3 is 1.85 bits per heavy atom. The molecule has 0 aliphatic heterocycles. The lowest BCUT2D eigenvalue weighted by atomic mass is 10.0. The summed E-state index contributed by atoms with van der Waals surface area (Å²) in [6.45, 7) is 5.90. The maximum Gasteiger partial charge on any atom is -0.0348 e. The molecule has 0 aliphatic carbocycles. The second kappa shape index (κ2) is 18.2. The molecule has 0 aromatic rings. The monoisotopic (exact) mass is 275 g/mol. The molecule has 0 fully saturated rings. The van der Waals surface area contributed by atoms with Gasteiger partial charge in [0.1, 0.15) is 0 Å². The van der Waals surface area contributed by atoms with Crippen LogP contribution in [0.25, 0.3) is 0 Å². The fraction of sp³-hybridized carbons (Fsp3) is 0.650. The quantitative estimate of drug-likeness (QED) is 0.219. The predicted molar refractivity (Wildman–Crippen MR) is 93.9 cm³/mol. The van der Waals surface area contributed by atoms with Crippen LogP contribution in [0.4, 0.5) is 0 Å². The molecule has 0 saturated heterocycles. The highest BCUT2D eigenvalue weighted by Gasteiger charge is 1.92. The summed E-state index contributed by atoms with van der Waals surface area (Å²) in [7, 11) is 0. The Morgan fingerprint density at radius 2 is 1.25 bits per heavy atom. The van der Waals surface area contributed by atoms with Crippen molar-refractivity contribution in [2.45, 2.75) is 84.0 Å². The molecule has 0 bridgehead atoms. The van der Waals surface area contributed by atoms with Crippen LogP contribution in [0.3, 0.4) is 0 Å². The van der Waals surface area contributed by atoms with Gasteiger partial charge in [-0.15, -0.1) is 0 Å². The second-order valence-electron chi connectivity index (χ2n) is 5.53. The minimum Gasteiger partial charge on any atom is -0.0991 e. The predicted octanol–water partition coefficient (Wildman–Crippen LogP) is 7.19. The van der Waals surface area contributed by atoms with Gasteiger partial charge in [0.15, 0.2) is 0 Å². The molecule has 1 radical (unpaired) electrons. The Kier molecular flexibility index (Phi) is 17.5. The molecule has 0 rings (SSSR count). The van der Waals surface area contributed by atoms with E-state index in [4.69, 9.17) is 0 Å². The molecule has 0 saturated carbocycles. The topological polar surface area (TPSA) is 0 Å². The van der Waals surface area contributed by atoms with Gasteiger partial charge in [-0.2, -0.15) is 0 Å². The third-order valence-corrected chi connectivity index (χ3v) is 3.52. The second-order valence-corrected chi connectivity index (χ2v) is 5.53. The van der Waals surface area contributed by atoms with E-state index in [1.54, 1.807) is 0 Å². The van der Waals surface area contributed by atoms with E-state index in [2.05, 4.69) is 32.1 Å². The number of unbranched alkanes of at least 4 members (excludes halogenated alkanes) is 12. The summed E-state index contributed by atoms with van der Waals surface area (Å²) < 4.78 is 0. The van der Waals surface area contributed by atoms with E-state index in [0.717, 1.165) is 0 Å². The molecular weight excluding hydrogens is 240 g/mol. The molecule has 115 valence electrons. The highest BCUT2D eigenvalue weighted by molar-refractivity contribution is 5.08. The van der Waals surface area contributed by atoms with Crippen molar-refractivity contribution in [3.05, 3.63) is 43.4 Å². The average Bonchev–Trinajstić information content (AvgIpc) is 2.47. The Morgan fingerprint density at radius 1 is 0.650 bits per heavy atom. The number of rotatable bonds is 15. The van der Waals surface area contributed by atoms with Gasteiger partial charge < -0.3 is 0 Å². The Bertz CT molecular complexity index is 234. The largest absolute Gasteiger partial charge is 0.0991 e. The summed E-state index contributed by atoms with van der Waals surface area (Å²) in [5, 5.41) is 0. The molecule has 0 spiro atoms. The van der Waals surface area contributed by atoms with Crippen LogP contribution in [0.2, 0.25) is 0 Å². The summed E-state index contributed by atoms with van der Waals surface area (Å²) in [4.78, 5) is 0. The van der Waals surface area contributed by atoms with Crippen LogP contribution in [0.5, 0.6) is 0 Å². The van der Waals surface area contributed by atoms with E-state index >= 15 is 0 Å². The zero-order valence-corrected chi connectivity index (χ0v) is 13.7. The summed E-state index contributed by atoms with van der Waals surface area (Å²) in [6.07, 6.45) is 29.1. The molecule has 0 heteroatoms. The normalized spacial score (nSPS) is 11.7. The molecule has 0 amide bonds. The van der Waals surface area contributed by atoms with E-state index in [0.29, 0.717) is 0 Å². The molecule has 20 heavy (non-hydrogen) atoms. The van der Waals surface area contributed by atoms with Crippen molar-refractivity contribution in [2.75, 3.05) is 0 Å². The maximum atomic E-state index is 3.65. The van der Waals surface area contributed by atoms with E-state index in [1.165, 1.54) is 77.0 Å². The molecule has 0 unspecified atom stereocenters. The van der Waals surface area contributed by atoms with Crippen molar-refractivity contribution in [3.8, 4) is 0 Å². The van der Waals surface area contributed by atoms with Crippen molar-refractivity contribution in [1.29, 1.82) is 0 Å². The first kappa shape index (κ1) is 19.2. The van der Waals surface area contributed by atoms with Crippen molar-refractivity contribution in [1.82, 2.24) is 0 Å². The fourth-order valence-corrected chi connectivity index (χ4v) is 2.28. The average molecular weight is 275 g/mol. The van der Waals surface area contributed by atoms with Gasteiger partial charge in [0.2, 0.25) is 0 Å². The van der Waals surface area contributed by atoms with Gasteiger partial charge in [0.05, 0.1) is 0 Å². The van der Waals surface area contributed by atoms with Crippen molar-refractivity contribution >= 4 is 0 Å². The molecule has 0 aliphatic rings. The van der Waals surface area contributed by atoms with Crippen molar-refractivity contribution in [2.24, 2.45) is 0 Å². The lowest BCUT2D eigenvalue weighted by molar-refractivity contribution is 0.566. The molecule has 0 aromatic carbocycles. The van der Waals surface area contributed by atoms with Crippen LogP contribution in [0, 0.1) is 6.42 Å². The molecule has 0 N–H and O–H groups in total. The molecule has 0 nitrogen and oxygen atoms in total. The van der Waals surface area contributed by atoms with E-state index in [9.17, 15) is 0 Å². The minimum absolute atomic E-state index is 1.22. The zero-order valence-electron chi connectivity index (χ0n) is 13.7. The Balaban J connectivity index is 3.04. The first-order valence-corrected chi connectivity index (χ1v) is 8.67. The van der Waals surface area contributed by atoms with E-state index in [1.807, 2.05) is 18.2 Å². The lowest BCUT2D eigenvalue weighted by Crippen LogP contribution is -1.82. The van der Waals surface area contributed by atoms with Crippen LogP contribution in [0.1, 0.15) is 84.0 Å².